The number of aromatic nitrogens is 2. The molecule has 3 rings (SSSR count). The molecular formula is C17H24N4O2. The van der Waals surface area contributed by atoms with Gasteiger partial charge in [-0.3, -0.25) is 4.90 Å². The second-order valence-corrected chi connectivity index (χ2v) is 5.99. The van der Waals surface area contributed by atoms with Gasteiger partial charge in [-0.2, -0.15) is 4.98 Å². The van der Waals surface area contributed by atoms with Gasteiger partial charge in [-0.25, -0.2) is 0 Å². The first kappa shape index (κ1) is 15.8. The molecule has 6 nitrogen and oxygen atoms in total. The Bertz CT molecular complexity index is 635. The standard InChI is InChI=1S/C17H24N4O2/c1-3-6-16-18-17(23-19-16)13(2)20-9-11-21(12-10-20)14-7-4-5-8-15(14)22/h4-5,7-8,13,22H,3,6,9-12H2,1-2H3/t13-/m1/s1. The first-order valence-electron chi connectivity index (χ1n) is 8.28. The minimum absolute atomic E-state index is 0.125. The zero-order chi connectivity index (χ0) is 16.2. The van der Waals surface area contributed by atoms with E-state index in [1.807, 2.05) is 18.2 Å². The highest BCUT2D eigenvalue weighted by molar-refractivity contribution is 5.57. The number of piperazine rings is 1. The van der Waals surface area contributed by atoms with Crippen molar-refractivity contribution in [3.63, 3.8) is 0 Å². The monoisotopic (exact) mass is 316 g/mol. The molecule has 1 fully saturated rings. The molecule has 1 aromatic carbocycles. The lowest BCUT2D eigenvalue weighted by atomic mass is 10.2. The number of hydrogen-bond donors (Lipinski definition) is 1. The number of aromatic hydroxyl groups is 1. The van der Waals surface area contributed by atoms with Gasteiger partial charge in [0.25, 0.3) is 0 Å². The molecule has 23 heavy (non-hydrogen) atoms. The molecule has 2 heterocycles. The van der Waals surface area contributed by atoms with Crippen LogP contribution in [0.4, 0.5) is 5.69 Å². The second kappa shape index (κ2) is 7.00. The fourth-order valence-electron chi connectivity index (χ4n) is 3.00. The van der Waals surface area contributed by atoms with Crippen LogP contribution in [0.25, 0.3) is 0 Å². The van der Waals surface area contributed by atoms with E-state index in [0.717, 1.165) is 50.5 Å². The second-order valence-electron chi connectivity index (χ2n) is 5.99. The molecule has 0 bridgehead atoms. The molecule has 0 aliphatic carbocycles. The largest absolute Gasteiger partial charge is 0.506 e. The average Bonchev–Trinajstić information content (AvgIpc) is 3.04. The molecule has 0 spiro atoms. The van der Waals surface area contributed by atoms with E-state index >= 15 is 0 Å². The van der Waals surface area contributed by atoms with Gasteiger partial charge in [0.15, 0.2) is 5.82 Å². The lowest BCUT2D eigenvalue weighted by molar-refractivity contribution is 0.164. The molecule has 1 N–H and O–H groups in total. The van der Waals surface area contributed by atoms with Gasteiger partial charge in [-0.1, -0.05) is 24.2 Å². The number of para-hydroxylation sites is 2. The summed E-state index contributed by atoms with van der Waals surface area (Å²) in [6.45, 7) is 7.77. The van der Waals surface area contributed by atoms with E-state index in [1.54, 1.807) is 6.07 Å². The Morgan fingerprint density at radius 1 is 1.22 bits per heavy atom. The lowest BCUT2D eigenvalue weighted by Crippen LogP contribution is -2.47. The van der Waals surface area contributed by atoms with Crippen LogP contribution in [0.1, 0.15) is 38.0 Å². The maximum atomic E-state index is 9.98. The highest BCUT2D eigenvalue weighted by Gasteiger charge is 2.26. The van der Waals surface area contributed by atoms with E-state index in [1.165, 1.54) is 0 Å². The lowest BCUT2D eigenvalue weighted by Gasteiger charge is -2.38. The van der Waals surface area contributed by atoms with Crippen LogP contribution in [0.15, 0.2) is 28.8 Å². The minimum Gasteiger partial charge on any atom is -0.506 e. The van der Waals surface area contributed by atoms with Gasteiger partial charge >= 0.3 is 0 Å². The summed E-state index contributed by atoms with van der Waals surface area (Å²) in [5.74, 6) is 1.83. The van der Waals surface area contributed by atoms with E-state index < -0.39 is 0 Å². The summed E-state index contributed by atoms with van der Waals surface area (Å²) < 4.78 is 5.41. The number of anilines is 1. The summed E-state index contributed by atoms with van der Waals surface area (Å²) in [5.41, 5.74) is 0.905. The molecular weight excluding hydrogens is 292 g/mol. The first-order chi connectivity index (χ1) is 11.2. The predicted molar refractivity (Wildman–Crippen MR) is 88.6 cm³/mol. The van der Waals surface area contributed by atoms with Crippen molar-refractivity contribution in [2.45, 2.75) is 32.7 Å². The molecule has 1 atom stereocenters. The number of aryl methyl sites for hydroxylation is 1. The maximum absolute atomic E-state index is 9.98. The summed E-state index contributed by atoms with van der Waals surface area (Å²) in [6, 6.07) is 7.62. The summed E-state index contributed by atoms with van der Waals surface area (Å²) in [5, 5.41) is 14.0. The predicted octanol–water partition coefficient (Wildman–Crippen LogP) is 2.61. The van der Waals surface area contributed by atoms with Crippen LogP contribution in [-0.4, -0.2) is 46.3 Å². The number of benzene rings is 1. The highest BCUT2D eigenvalue weighted by Crippen LogP contribution is 2.28. The van der Waals surface area contributed by atoms with E-state index in [0.29, 0.717) is 11.6 Å². The highest BCUT2D eigenvalue weighted by atomic mass is 16.5. The number of hydrogen-bond acceptors (Lipinski definition) is 6. The van der Waals surface area contributed by atoms with Crippen molar-refractivity contribution < 1.29 is 9.63 Å². The molecule has 1 saturated heterocycles. The Hall–Kier alpha value is -2.08. The number of phenolic OH excluding ortho intramolecular Hbond substituents is 1. The molecule has 0 amide bonds. The molecule has 1 aliphatic heterocycles. The molecule has 1 aliphatic rings. The van der Waals surface area contributed by atoms with Crippen LogP contribution in [0.5, 0.6) is 5.75 Å². The van der Waals surface area contributed by atoms with Crippen LogP contribution >= 0.6 is 0 Å². The third-order valence-electron chi connectivity index (χ3n) is 4.40. The van der Waals surface area contributed by atoms with Crippen molar-refractivity contribution >= 4 is 5.69 Å². The number of rotatable bonds is 5. The molecule has 0 saturated carbocycles. The average molecular weight is 316 g/mol. The molecule has 6 heteroatoms. The van der Waals surface area contributed by atoms with Gasteiger partial charge in [0.1, 0.15) is 5.75 Å². The summed E-state index contributed by atoms with van der Waals surface area (Å²) in [4.78, 5) is 9.06. The van der Waals surface area contributed by atoms with E-state index in [2.05, 4.69) is 33.8 Å². The fraction of sp³-hybridized carbons (Fsp3) is 0.529. The Labute approximate surface area is 136 Å². The van der Waals surface area contributed by atoms with E-state index in [4.69, 9.17) is 4.52 Å². The van der Waals surface area contributed by atoms with Crippen LogP contribution in [0.3, 0.4) is 0 Å². The van der Waals surface area contributed by atoms with Crippen LogP contribution in [-0.2, 0) is 6.42 Å². The molecule has 1 aromatic heterocycles. The van der Waals surface area contributed by atoms with Crippen molar-refractivity contribution in [3.8, 4) is 5.75 Å². The topological polar surface area (TPSA) is 65.6 Å². The summed E-state index contributed by atoms with van der Waals surface area (Å²) in [7, 11) is 0. The number of phenols is 1. The van der Waals surface area contributed by atoms with Gasteiger partial charge < -0.3 is 14.5 Å². The van der Waals surface area contributed by atoms with Crippen molar-refractivity contribution in [1.29, 1.82) is 0 Å². The Morgan fingerprint density at radius 3 is 2.65 bits per heavy atom. The van der Waals surface area contributed by atoms with Crippen molar-refractivity contribution in [2.24, 2.45) is 0 Å². The zero-order valence-corrected chi connectivity index (χ0v) is 13.8. The Kier molecular flexibility index (Phi) is 4.81. The van der Waals surface area contributed by atoms with Crippen LogP contribution in [0.2, 0.25) is 0 Å². The van der Waals surface area contributed by atoms with Crippen molar-refractivity contribution in [1.82, 2.24) is 15.0 Å². The minimum atomic E-state index is 0.125. The Balaban J connectivity index is 1.60. The first-order valence-corrected chi connectivity index (χ1v) is 8.28. The normalized spacial score (nSPS) is 17.4. The molecule has 0 radical (unpaired) electrons. The third kappa shape index (κ3) is 3.47. The molecule has 124 valence electrons. The fourth-order valence-corrected chi connectivity index (χ4v) is 3.00. The summed E-state index contributed by atoms with van der Waals surface area (Å²) in [6.07, 6.45) is 1.88. The van der Waals surface area contributed by atoms with Crippen molar-refractivity contribution in [3.05, 3.63) is 36.0 Å². The van der Waals surface area contributed by atoms with Gasteiger partial charge in [0, 0.05) is 32.6 Å². The van der Waals surface area contributed by atoms with Crippen LogP contribution < -0.4 is 4.90 Å². The maximum Gasteiger partial charge on any atom is 0.243 e. The SMILES string of the molecule is CCCc1noc([C@@H](C)N2CCN(c3ccccc3O)CC2)n1. The van der Waals surface area contributed by atoms with E-state index in [9.17, 15) is 5.11 Å². The summed E-state index contributed by atoms with van der Waals surface area (Å²) >= 11 is 0. The van der Waals surface area contributed by atoms with Crippen LogP contribution in [0, 0.1) is 0 Å². The van der Waals surface area contributed by atoms with Gasteiger partial charge in [-0.05, 0) is 25.5 Å². The van der Waals surface area contributed by atoms with E-state index in [-0.39, 0.29) is 6.04 Å². The zero-order valence-electron chi connectivity index (χ0n) is 13.8. The van der Waals surface area contributed by atoms with Gasteiger partial charge in [0.2, 0.25) is 5.89 Å². The van der Waals surface area contributed by atoms with Crippen molar-refractivity contribution in [2.75, 3.05) is 31.1 Å². The smallest absolute Gasteiger partial charge is 0.243 e. The third-order valence-corrected chi connectivity index (χ3v) is 4.40. The quantitative estimate of drug-likeness (QED) is 0.914. The Morgan fingerprint density at radius 2 is 1.96 bits per heavy atom. The molecule has 0 unspecified atom stereocenters. The molecule has 2 aromatic rings. The van der Waals surface area contributed by atoms with Gasteiger partial charge in [-0.15, -0.1) is 0 Å². The van der Waals surface area contributed by atoms with Gasteiger partial charge in [0.05, 0.1) is 11.7 Å². The number of nitrogens with zero attached hydrogens (tertiary/aromatic N) is 4.